The molecule has 0 aromatic heterocycles. The molecular weight excluding hydrogens is 281 g/mol. The van der Waals surface area contributed by atoms with E-state index >= 15 is 0 Å². The lowest BCUT2D eigenvalue weighted by molar-refractivity contribution is -0.144. The van der Waals surface area contributed by atoms with Gasteiger partial charge in [0.1, 0.15) is 11.6 Å². The summed E-state index contributed by atoms with van der Waals surface area (Å²) in [6.07, 6.45) is -5.33. The van der Waals surface area contributed by atoms with E-state index in [-0.39, 0.29) is 0 Å². The fourth-order valence-electron chi connectivity index (χ4n) is 1.14. The maximum absolute atomic E-state index is 12.0. The van der Waals surface area contributed by atoms with Crippen LogP contribution in [0.3, 0.4) is 0 Å². The van der Waals surface area contributed by atoms with Crippen molar-refractivity contribution in [1.82, 2.24) is 10.6 Å². The van der Waals surface area contributed by atoms with Crippen LogP contribution < -0.4 is 10.6 Å². The van der Waals surface area contributed by atoms with E-state index in [9.17, 15) is 22.8 Å². The van der Waals surface area contributed by atoms with Crippen LogP contribution in [0.25, 0.3) is 0 Å². The highest BCUT2D eigenvalue weighted by Gasteiger charge is 2.29. The Labute approximate surface area is 115 Å². The molecule has 0 fully saturated rings. The zero-order chi connectivity index (χ0) is 16.0. The average molecular weight is 300 g/mol. The molecule has 0 saturated carbocycles. The highest BCUT2D eigenvalue weighted by molar-refractivity contribution is 5.81. The summed E-state index contributed by atoms with van der Waals surface area (Å²) in [5.41, 5.74) is -0.788. The van der Waals surface area contributed by atoms with Crippen LogP contribution in [-0.4, -0.2) is 50.1 Å². The molecule has 0 saturated heterocycles. The van der Waals surface area contributed by atoms with E-state index in [1.165, 1.54) is 0 Å². The highest BCUT2D eigenvalue weighted by Crippen LogP contribution is 2.12. The number of amides is 1. The smallest absolute Gasteiger partial charge is 0.408 e. The summed E-state index contributed by atoms with van der Waals surface area (Å²) in [7, 11) is 1.07. The monoisotopic (exact) mass is 300 g/mol. The van der Waals surface area contributed by atoms with Crippen LogP contribution in [0, 0.1) is 0 Å². The van der Waals surface area contributed by atoms with E-state index in [1.54, 1.807) is 20.8 Å². The molecule has 0 aliphatic heterocycles. The number of esters is 1. The lowest BCUT2D eigenvalue weighted by atomic mass is 10.2. The quantitative estimate of drug-likeness (QED) is 0.746. The summed E-state index contributed by atoms with van der Waals surface area (Å²) in [6, 6.07) is -1.27. The van der Waals surface area contributed by atoms with Crippen LogP contribution in [0.2, 0.25) is 0 Å². The number of carbonyl (C=O) groups excluding carboxylic acids is 2. The summed E-state index contributed by atoms with van der Waals surface area (Å²) in [6.45, 7) is 3.13. The van der Waals surface area contributed by atoms with Gasteiger partial charge in [-0.05, 0) is 20.8 Å². The summed E-state index contributed by atoms with van der Waals surface area (Å²) in [5.74, 6) is -0.870. The molecule has 1 atom stereocenters. The number of nitrogens with one attached hydrogen (secondary N) is 2. The second-order valence-corrected chi connectivity index (χ2v) is 4.97. The van der Waals surface area contributed by atoms with Crippen LogP contribution >= 0.6 is 0 Å². The van der Waals surface area contributed by atoms with Gasteiger partial charge in [0.05, 0.1) is 13.7 Å². The van der Waals surface area contributed by atoms with Crippen molar-refractivity contribution in [2.24, 2.45) is 0 Å². The maximum Gasteiger partial charge on any atom is 0.408 e. The third-order valence-electron chi connectivity index (χ3n) is 1.85. The normalized spacial score (nSPS) is 13.6. The molecule has 0 heterocycles. The van der Waals surface area contributed by atoms with Gasteiger partial charge in [-0.1, -0.05) is 0 Å². The minimum Gasteiger partial charge on any atom is -0.467 e. The number of rotatable bonds is 5. The van der Waals surface area contributed by atoms with E-state index in [2.05, 4.69) is 10.1 Å². The molecule has 2 N–H and O–H groups in total. The Hall–Kier alpha value is -1.51. The van der Waals surface area contributed by atoms with Crippen molar-refractivity contribution in [2.45, 2.75) is 38.6 Å². The van der Waals surface area contributed by atoms with E-state index in [1.807, 2.05) is 5.32 Å². The summed E-state index contributed by atoms with van der Waals surface area (Å²) < 4.78 is 45.2. The van der Waals surface area contributed by atoms with Gasteiger partial charge in [-0.15, -0.1) is 0 Å². The Morgan fingerprint density at radius 3 is 2.15 bits per heavy atom. The van der Waals surface area contributed by atoms with Crippen molar-refractivity contribution in [1.29, 1.82) is 0 Å². The summed E-state index contributed by atoms with van der Waals surface area (Å²) in [4.78, 5) is 22.8. The Balaban J connectivity index is 4.43. The Morgan fingerprint density at radius 2 is 1.75 bits per heavy atom. The number of halogens is 3. The molecular formula is C11H19F3N2O4. The number of hydrogen-bond donors (Lipinski definition) is 2. The first-order chi connectivity index (χ1) is 8.94. The molecule has 9 heteroatoms. The van der Waals surface area contributed by atoms with Crippen LogP contribution in [0.4, 0.5) is 18.0 Å². The highest BCUT2D eigenvalue weighted by atomic mass is 19.4. The minimum atomic E-state index is -4.41. The molecule has 0 unspecified atom stereocenters. The number of hydrogen-bond acceptors (Lipinski definition) is 5. The Kier molecular flexibility index (Phi) is 6.77. The lowest BCUT2D eigenvalue weighted by Crippen LogP contribution is -2.50. The predicted octanol–water partition coefficient (Wildman–Crippen LogP) is 1.20. The van der Waals surface area contributed by atoms with Gasteiger partial charge >= 0.3 is 18.2 Å². The van der Waals surface area contributed by atoms with E-state index < -0.39 is 43.0 Å². The van der Waals surface area contributed by atoms with Gasteiger partial charge in [-0.25, -0.2) is 9.59 Å². The second-order valence-electron chi connectivity index (χ2n) is 4.97. The SMILES string of the molecule is COC(=O)[C@H](CNCC(F)(F)F)NC(=O)OC(C)(C)C. The summed E-state index contributed by atoms with van der Waals surface area (Å²) in [5, 5.41) is 4.16. The minimum absolute atomic E-state index is 0.425. The van der Waals surface area contributed by atoms with Crippen LogP contribution in [-0.2, 0) is 14.3 Å². The van der Waals surface area contributed by atoms with Gasteiger partial charge in [0, 0.05) is 6.54 Å². The Morgan fingerprint density at radius 1 is 1.20 bits per heavy atom. The fraction of sp³-hybridized carbons (Fsp3) is 0.818. The Bertz CT molecular complexity index is 340. The predicted molar refractivity (Wildman–Crippen MR) is 64.1 cm³/mol. The first kappa shape index (κ1) is 18.5. The molecule has 6 nitrogen and oxygen atoms in total. The molecule has 0 aromatic rings. The average Bonchev–Trinajstić information content (AvgIpc) is 2.22. The van der Waals surface area contributed by atoms with Crippen LogP contribution in [0.1, 0.15) is 20.8 Å². The summed E-state index contributed by atoms with van der Waals surface area (Å²) >= 11 is 0. The van der Waals surface area contributed by atoms with E-state index in [0.717, 1.165) is 7.11 Å². The van der Waals surface area contributed by atoms with Gasteiger partial charge in [0.2, 0.25) is 0 Å². The number of alkyl halides is 3. The standard InChI is InChI=1S/C11H19F3N2O4/c1-10(2,3)20-9(18)16-7(8(17)19-4)5-15-6-11(12,13)14/h7,15H,5-6H2,1-4H3,(H,16,18)/t7-/m0/s1. The topological polar surface area (TPSA) is 76.7 Å². The molecule has 1 amide bonds. The largest absolute Gasteiger partial charge is 0.467 e. The fourth-order valence-corrected chi connectivity index (χ4v) is 1.14. The van der Waals surface area contributed by atoms with Crippen molar-refractivity contribution in [3.8, 4) is 0 Å². The van der Waals surface area contributed by atoms with Crippen molar-refractivity contribution >= 4 is 12.1 Å². The van der Waals surface area contributed by atoms with Gasteiger partial charge < -0.3 is 20.1 Å². The first-order valence-electron chi connectivity index (χ1n) is 5.79. The number of ether oxygens (including phenoxy) is 2. The molecule has 0 rings (SSSR count). The van der Waals surface area contributed by atoms with Crippen LogP contribution in [0.5, 0.6) is 0 Å². The third kappa shape index (κ3) is 9.42. The van der Waals surface area contributed by atoms with E-state index in [0.29, 0.717) is 0 Å². The van der Waals surface area contributed by atoms with E-state index in [4.69, 9.17) is 4.74 Å². The van der Waals surface area contributed by atoms with Crippen molar-refractivity contribution < 1.29 is 32.2 Å². The molecule has 0 aliphatic rings. The van der Waals surface area contributed by atoms with Crippen LogP contribution in [0.15, 0.2) is 0 Å². The zero-order valence-electron chi connectivity index (χ0n) is 11.8. The number of methoxy groups -OCH3 is 1. The van der Waals surface area contributed by atoms with Crippen molar-refractivity contribution in [3.05, 3.63) is 0 Å². The molecule has 0 bridgehead atoms. The van der Waals surface area contributed by atoms with Crippen molar-refractivity contribution in [2.75, 3.05) is 20.2 Å². The maximum atomic E-state index is 12.0. The van der Waals surface area contributed by atoms with Gasteiger partial charge in [-0.3, -0.25) is 0 Å². The first-order valence-corrected chi connectivity index (χ1v) is 5.79. The number of alkyl carbamates (subject to hydrolysis) is 1. The molecule has 0 aliphatic carbocycles. The van der Waals surface area contributed by atoms with Gasteiger partial charge in [0.15, 0.2) is 0 Å². The number of carbonyl (C=O) groups is 2. The molecule has 0 radical (unpaired) electrons. The third-order valence-corrected chi connectivity index (χ3v) is 1.85. The molecule has 0 spiro atoms. The molecule has 118 valence electrons. The second kappa shape index (κ2) is 7.32. The van der Waals surface area contributed by atoms with Gasteiger partial charge in [0.25, 0.3) is 0 Å². The molecule has 0 aromatic carbocycles. The van der Waals surface area contributed by atoms with Crippen molar-refractivity contribution in [3.63, 3.8) is 0 Å². The molecule has 20 heavy (non-hydrogen) atoms. The lowest BCUT2D eigenvalue weighted by Gasteiger charge is -2.22. The van der Waals surface area contributed by atoms with Gasteiger partial charge in [-0.2, -0.15) is 13.2 Å². The zero-order valence-corrected chi connectivity index (χ0v) is 11.8.